The van der Waals surface area contributed by atoms with E-state index < -0.39 is 0 Å². The van der Waals surface area contributed by atoms with Gasteiger partial charge in [0.1, 0.15) is 0 Å². The number of hydrogen-bond donors (Lipinski definition) is 2. The second-order valence-electron chi connectivity index (χ2n) is 10.0. The highest BCUT2D eigenvalue weighted by atomic mass is 127. The van der Waals surface area contributed by atoms with Gasteiger partial charge in [0, 0.05) is 55.3 Å². The highest BCUT2D eigenvalue weighted by Crippen LogP contribution is 2.23. The van der Waals surface area contributed by atoms with E-state index >= 15 is 0 Å². The van der Waals surface area contributed by atoms with Crippen molar-refractivity contribution in [2.75, 3.05) is 33.4 Å². The van der Waals surface area contributed by atoms with Crippen LogP contribution in [0.3, 0.4) is 0 Å². The topological polar surface area (TPSA) is 70.7 Å². The Kier molecular flexibility index (Phi) is 10.5. The van der Waals surface area contributed by atoms with Crippen molar-refractivity contribution in [2.24, 2.45) is 0 Å². The molecular weight excluding hydrogens is 589 g/mol. The molecule has 7 heteroatoms. The Balaban J connectivity index is 1.41. The maximum absolute atomic E-state index is 13.5. The first-order chi connectivity index (χ1) is 18.5. The highest BCUT2D eigenvalue weighted by Gasteiger charge is 2.32. The van der Waals surface area contributed by atoms with Crippen LogP contribution < -0.4 is 10.6 Å². The van der Waals surface area contributed by atoms with E-state index in [0.29, 0.717) is 44.1 Å². The van der Waals surface area contributed by atoms with E-state index in [1.807, 2.05) is 29.2 Å². The Hall–Kier alpha value is -2.49. The van der Waals surface area contributed by atoms with Gasteiger partial charge in [-0.2, -0.15) is 0 Å². The molecule has 6 nitrogen and oxygen atoms in total. The third-order valence-corrected chi connectivity index (χ3v) is 8.32. The van der Waals surface area contributed by atoms with Gasteiger partial charge in [-0.15, -0.1) is 0 Å². The van der Waals surface area contributed by atoms with Gasteiger partial charge >= 0.3 is 0 Å². The zero-order valence-electron chi connectivity index (χ0n) is 22.3. The number of ether oxygens (including phenoxy) is 1. The van der Waals surface area contributed by atoms with E-state index in [0.717, 1.165) is 28.0 Å². The molecule has 0 spiro atoms. The monoisotopic (exact) mass is 627 g/mol. The predicted octanol–water partition coefficient (Wildman–Crippen LogP) is 5.29. The lowest BCUT2D eigenvalue weighted by atomic mass is 9.95. The molecule has 0 bridgehead atoms. The number of amides is 2. The van der Waals surface area contributed by atoms with Gasteiger partial charge < -0.3 is 20.3 Å². The first-order valence-electron chi connectivity index (χ1n) is 13.5. The summed E-state index contributed by atoms with van der Waals surface area (Å²) in [6.45, 7) is 4.50. The summed E-state index contributed by atoms with van der Waals surface area (Å²) in [7, 11) is 1.66. The number of carbonyl (C=O) groups excluding carboxylic acids is 2. The molecule has 2 N–H and O–H groups in total. The largest absolute Gasteiger partial charge is 0.385 e. The molecule has 0 radical (unpaired) electrons. The minimum absolute atomic E-state index is 0.00164. The van der Waals surface area contributed by atoms with Crippen molar-refractivity contribution in [3.05, 3.63) is 83.4 Å². The predicted molar refractivity (Wildman–Crippen MR) is 162 cm³/mol. The van der Waals surface area contributed by atoms with Crippen molar-refractivity contribution in [3.63, 3.8) is 0 Å². The van der Waals surface area contributed by atoms with Crippen molar-refractivity contribution in [2.45, 2.75) is 48.6 Å². The average Bonchev–Trinajstić information content (AvgIpc) is 3.11. The normalized spacial score (nSPS) is 18.8. The lowest BCUT2D eigenvalue weighted by Gasteiger charge is -2.28. The fourth-order valence-corrected chi connectivity index (χ4v) is 5.64. The molecule has 1 aliphatic heterocycles. The van der Waals surface area contributed by atoms with E-state index in [-0.39, 0.29) is 23.9 Å². The van der Waals surface area contributed by atoms with Crippen molar-refractivity contribution < 1.29 is 14.3 Å². The number of rotatable bonds is 11. The standard InChI is InChI=1S/C31H38IN3O3/c1-3-23(24-7-5-4-6-8-24)21-35-15-13-28(34-29(31(35)37)14-16-38-2)20-33-30(36)27-12-11-25-17-22(19-32)9-10-26(25)18-27/h4-12,17-18,23,28-29,34H,3,13-16,19-21H2,1-2H3,(H,33,36)/t23-,28+,29+/m1/s1. The smallest absolute Gasteiger partial charge is 0.251 e. The van der Waals surface area contributed by atoms with E-state index in [1.54, 1.807) is 7.11 Å². The summed E-state index contributed by atoms with van der Waals surface area (Å²) in [5.74, 6) is 0.314. The quantitative estimate of drug-likeness (QED) is 0.224. The zero-order chi connectivity index (χ0) is 26.9. The highest BCUT2D eigenvalue weighted by molar-refractivity contribution is 14.1. The molecule has 202 valence electrons. The van der Waals surface area contributed by atoms with Gasteiger partial charge in [0.15, 0.2) is 0 Å². The molecule has 4 rings (SSSR count). The Morgan fingerprint density at radius 1 is 1.13 bits per heavy atom. The third kappa shape index (κ3) is 7.33. The number of carbonyl (C=O) groups is 2. The summed E-state index contributed by atoms with van der Waals surface area (Å²) in [6.07, 6.45) is 2.34. The van der Waals surface area contributed by atoms with Gasteiger partial charge in [-0.05, 0) is 53.3 Å². The third-order valence-electron chi connectivity index (χ3n) is 7.44. The second-order valence-corrected chi connectivity index (χ2v) is 10.8. The number of alkyl halides is 1. The molecule has 0 aliphatic carbocycles. The molecular formula is C31H38IN3O3. The van der Waals surface area contributed by atoms with Gasteiger partial charge in [-0.25, -0.2) is 0 Å². The SMILES string of the molecule is CC[C@H](CN1CC[C@@H](CNC(=O)c2ccc3cc(CI)ccc3c2)N[C@@H](CCOC)C1=O)c1ccccc1. The lowest BCUT2D eigenvalue weighted by molar-refractivity contribution is -0.133. The zero-order valence-corrected chi connectivity index (χ0v) is 24.4. The molecule has 2 amide bonds. The fraction of sp³-hybridized carbons (Fsp3) is 0.419. The first-order valence-corrected chi connectivity index (χ1v) is 15.0. The van der Waals surface area contributed by atoms with Gasteiger partial charge in [-0.1, -0.05) is 84.1 Å². The van der Waals surface area contributed by atoms with Crippen LogP contribution in [0.25, 0.3) is 10.8 Å². The van der Waals surface area contributed by atoms with Crippen molar-refractivity contribution in [1.29, 1.82) is 0 Å². The molecule has 1 heterocycles. The molecule has 0 saturated carbocycles. The summed E-state index contributed by atoms with van der Waals surface area (Å²) < 4.78 is 6.26. The van der Waals surface area contributed by atoms with Gasteiger partial charge in [0.25, 0.3) is 5.91 Å². The molecule has 38 heavy (non-hydrogen) atoms. The number of methoxy groups -OCH3 is 1. The maximum atomic E-state index is 13.5. The Bertz CT molecular complexity index is 1220. The summed E-state index contributed by atoms with van der Waals surface area (Å²) >= 11 is 2.36. The van der Waals surface area contributed by atoms with E-state index in [9.17, 15) is 9.59 Å². The van der Waals surface area contributed by atoms with Crippen LogP contribution in [0.4, 0.5) is 0 Å². The van der Waals surface area contributed by atoms with E-state index in [2.05, 4.69) is 82.6 Å². The number of halogens is 1. The minimum Gasteiger partial charge on any atom is -0.385 e. The number of nitrogens with one attached hydrogen (secondary N) is 2. The molecule has 3 atom stereocenters. The van der Waals surface area contributed by atoms with Gasteiger partial charge in [-0.3, -0.25) is 9.59 Å². The van der Waals surface area contributed by atoms with Crippen LogP contribution in [-0.4, -0.2) is 62.1 Å². The molecule has 3 aromatic rings. The van der Waals surface area contributed by atoms with Gasteiger partial charge in [0.2, 0.25) is 5.91 Å². The Labute approximate surface area is 239 Å². The number of benzene rings is 3. The van der Waals surface area contributed by atoms with Crippen molar-refractivity contribution in [3.8, 4) is 0 Å². The first kappa shape index (κ1) is 28.5. The molecule has 1 aliphatic rings. The van der Waals surface area contributed by atoms with Crippen LogP contribution in [0, 0.1) is 0 Å². The Morgan fingerprint density at radius 2 is 1.89 bits per heavy atom. The van der Waals surface area contributed by atoms with Crippen LogP contribution in [0.2, 0.25) is 0 Å². The van der Waals surface area contributed by atoms with Crippen LogP contribution in [0.1, 0.15) is 53.6 Å². The average molecular weight is 628 g/mol. The molecule has 0 unspecified atom stereocenters. The summed E-state index contributed by atoms with van der Waals surface area (Å²) in [5, 5.41) is 8.83. The summed E-state index contributed by atoms with van der Waals surface area (Å²) in [6, 6.07) is 22.3. The molecule has 3 aromatic carbocycles. The minimum atomic E-state index is -0.333. The van der Waals surface area contributed by atoms with E-state index in [1.165, 1.54) is 11.1 Å². The second kappa shape index (κ2) is 14.1. The fourth-order valence-electron chi connectivity index (χ4n) is 5.17. The van der Waals surface area contributed by atoms with Gasteiger partial charge in [0.05, 0.1) is 6.04 Å². The molecule has 1 saturated heterocycles. The lowest BCUT2D eigenvalue weighted by Crippen LogP contribution is -2.49. The van der Waals surface area contributed by atoms with Crippen molar-refractivity contribution in [1.82, 2.24) is 15.5 Å². The molecule has 0 aromatic heterocycles. The van der Waals surface area contributed by atoms with Crippen LogP contribution in [0.15, 0.2) is 66.7 Å². The number of fused-ring (bicyclic) bond motifs is 1. The number of hydrogen-bond acceptors (Lipinski definition) is 4. The summed E-state index contributed by atoms with van der Waals surface area (Å²) in [4.78, 5) is 28.6. The Morgan fingerprint density at radius 3 is 2.63 bits per heavy atom. The maximum Gasteiger partial charge on any atom is 0.251 e. The van der Waals surface area contributed by atoms with Crippen LogP contribution in [0.5, 0.6) is 0 Å². The van der Waals surface area contributed by atoms with Crippen molar-refractivity contribution >= 4 is 45.2 Å². The van der Waals surface area contributed by atoms with Crippen LogP contribution in [-0.2, 0) is 14.0 Å². The summed E-state index contributed by atoms with van der Waals surface area (Å²) in [5.41, 5.74) is 3.18. The number of nitrogens with zero attached hydrogens (tertiary/aromatic N) is 1. The molecule has 1 fully saturated rings. The van der Waals surface area contributed by atoms with E-state index in [4.69, 9.17) is 4.74 Å². The van der Waals surface area contributed by atoms with Crippen LogP contribution >= 0.6 is 22.6 Å².